The van der Waals surface area contributed by atoms with Crippen LogP contribution in [0.1, 0.15) is 28.6 Å². The van der Waals surface area contributed by atoms with Crippen molar-refractivity contribution in [3.63, 3.8) is 0 Å². The lowest BCUT2D eigenvalue weighted by molar-refractivity contribution is 0.102. The molecule has 2 aromatic carbocycles. The van der Waals surface area contributed by atoms with Crippen LogP contribution >= 0.6 is 27.5 Å². The summed E-state index contributed by atoms with van der Waals surface area (Å²) < 4.78 is 6.08. The van der Waals surface area contributed by atoms with Crippen LogP contribution in [0, 0.1) is 6.92 Å². The van der Waals surface area contributed by atoms with Crippen LogP contribution in [0.4, 0.5) is 5.69 Å². The van der Waals surface area contributed by atoms with Crippen molar-refractivity contribution < 1.29 is 9.32 Å². The van der Waals surface area contributed by atoms with Crippen molar-refractivity contribution >= 4 is 39.1 Å². The first-order valence-electron chi connectivity index (χ1n) is 7.82. The van der Waals surface area contributed by atoms with Gasteiger partial charge in [0, 0.05) is 10.0 Å². The molecule has 0 saturated heterocycles. The number of hydrogen-bond donors (Lipinski definition) is 1. The van der Waals surface area contributed by atoms with Crippen molar-refractivity contribution in [2.45, 2.75) is 20.3 Å². The molecule has 0 fully saturated rings. The summed E-state index contributed by atoms with van der Waals surface area (Å²) in [5.41, 5.74) is 3.34. The zero-order valence-electron chi connectivity index (χ0n) is 13.8. The van der Waals surface area contributed by atoms with Gasteiger partial charge in [-0.05, 0) is 53.0 Å². The van der Waals surface area contributed by atoms with Crippen LogP contribution in [0.2, 0.25) is 5.02 Å². The second-order valence-corrected chi connectivity index (χ2v) is 6.83. The zero-order chi connectivity index (χ0) is 18.0. The van der Waals surface area contributed by atoms with E-state index in [1.807, 2.05) is 36.4 Å². The summed E-state index contributed by atoms with van der Waals surface area (Å²) in [4.78, 5) is 12.8. The molecule has 0 atom stereocenters. The van der Waals surface area contributed by atoms with Gasteiger partial charge in [0.05, 0.1) is 10.7 Å². The number of amides is 1. The van der Waals surface area contributed by atoms with E-state index in [9.17, 15) is 4.79 Å². The molecule has 6 heteroatoms. The van der Waals surface area contributed by atoms with Crippen LogP contribution < -0.4 is 5.32 Å². The highest BCUT2D eigenvalue weighted by atomic mass is 79.9. The van der Waals surface area contributed by atoms with Crippen LogP contribution in [0.5, 0.6) is 0 Å². The maximum absolute atomic E-state index is 12.8. The van der Waals surface area contributed by atoms with Gasteiger partial charge < -0.3 is 9.84 Å². The summed E-state index contributed by atoms with van der Waals surface area (Å²) in [6, 6.07) is 13.1. The molecule has 0 aliphatic rings. The number of rotatable bonds is 4. The Hall–Kier alpha value is -2.11. The topological polar surface area (TPSA) is 55.1 Å². The summed E-state index contributed by atoms with van der Waals surface area (Å²) in [7, 11) is 0. The maximum atomic E-state index is 12.8. The average molecular weight is 420 g/mol. The van der Waals surface area contributed by atoms with E-state index in [0.29, 0.717) is 33.3 Å². The van der Waals surface area contributed by atoms with Crippen LogP contribution in [0.3, 0.4) is 0 Å². The Kier molecular flexibility index (Phi) is 5.25. The van der Waals surface area contributed by atoms with Crippen molar-refractivity contribution in [2.75, 3.05) is 5.32 Å². The van der Waals surface area contributed by atoms with Crippen molar-refractivity contribution in [1.29, 1.82) is 0 Å². The summed E-state index contributed by atoms with van der Waals surface area (Å²) in [6.45, 7) is 3.79. The fourth-order valence-corrected chi connectivity index (χ4v) is 3.29. The second kappa shape index (κ2) is 7.42. The molecule has 0 saturated carbocycles. The van der Waals surface area contributed by atoms with Gasteiger partial charge >= 0.3 is 0 Å². The molecule has 0 spiro atoms. The molecule has 1 heterocycles. The highest BCUT2D eigenvalue weighted by Crippen LogP contribution is 2.32. The Bertz CT molecular complexity index is 937. The quantitative estimate of drug-likeness (QED) is 0.574. The Morgan fingerprint density at radius 2 is 2.04 bits per heavy atom. The molecule has 0 aliphatic carbocycles. The van der Waals surface area contributed by atoms with Gasteiger partial charge in [0.15, 0.2) is 0 Å². The Morgan fingerprint density at radius 3 is 2.72 bits per heavy atom. The van der Waals surface area contributed by atoms with E-state index in [-0.39, 0.29) is 5.91 Å². The molecule has 1 aromatic heterocycles. The van der Waals surface area contributed by atoms with E-state index >= 15 is 0 Å². The standard InChI is InChI=1S/C19H16BrClN2O2/c1-3-12-8-9-16(14(20)10-12)22-19(24)17-11(2)25-23-18(17)13-6-4-5-7-15(13)21/h4-10H,3H2,1-2H3,(H,22,24). The fraction of sp³-hybridized carbons (Fsp3) is 0.158. The molecule has 3 aromatic rings. The predicted molar refractivity (Wildman–Crippen MR) is 103 cm³/mol. The molecular formula is C19H16BrClN2O2. The maximum Gasteiger partial charge on any atom is 0.261 e. The van der Waals surface area contributed by atoms with E-state index in [4.69, 9.17) is 16.1 Å². The van der Waals surface area contributed by atoms with Gasteiger partial charge in [-0.1, -0.05) is 47.9 Å². The first-order valence-corrected chi connectivity index (χ1v) is 8.99. The number of aryl methyl sites for hydroxylation is 2. The van der Waals surface area contributed by atoms with E-state index < -0.39 is 0 Å². The van der Waals surface area contributed by atoms with Crippen LogP contribution in [0.25, 0.3) is 11.3 Å². The second-order valence-electron chi connectivity index (χ2n) is 5.56. The molecule has 128 valence electrons. The largest absolute Gasteiger partial charge is 0.360 e. The minimum Gasteiger partial charge on any atom is -0.360 e. The number of benzene rings is 2. The van der Waals surface area contributed by atoms with Crippen LogP contribution in [-0.2, 0) is 6.42 Å². The lowest BCUT2D eigenvalue weighted by Crippen LogP contribution is -2.14. The summed E-state index contributed by atoms with van der Waals surface area (Å²) >= 11 is 9.74. The fourth-order valence-electron chi connectivity index (χ4n) is 2.54. The minimum absolute atomic E-state index is 0.293. The number of nitrogens with one attached hydrogen (secondary N) is 1. The van der Waals surface area contributed by atoms with Gasteiger partial charge in [-0.3, -0.25) is 4.79 Å². The van der Waals surface area contributed by atoms with Gasteiger partial charge in [0.25, 0.3) is 5.91 Å². The van der Waals surface area contributed by atoms with Gasteiger partial charge in [-0.15, -0.1) is 0 Å². The van der Waals surface area contributed by atoms with Gasteiger partial charge in [0.1, 0.15) is 17.0 Å². The lowest BCUT2D eigenvalue weighted by atomic mass is 10.1. The zero-order valence-corrected chi connectivity index (χ0v) is 16.1. The first kappa shape index (κ1) is 17.7. The number of aromatic nitrogens is 1. The SMILES string of the molecule is CCc1ccc(NC(=O)c2c(-c3ccccc3Cl)noc2C)c(Br)c1. The molecule has 1 N–H and O–H groups in total. The number of carbonyl (C=O) groups is 1. The first-order chi connectivity index (χ1) is 12.0. The van der Waals surface area contributed by atoms with E-state index in [2.05, 4.69) is 33.3 Å². The Balaban J connectivity index is 1.96. The van der Waals surface area contributed by atoms with Crippen molar-refractivity contribution in [2.24, 2.45) is 0 Å². The number of hydrogen-bond acceptors (Lipinski definition) is 3. The Morgan fingerprint density at radius 1 is 1.28 bits per heavy atom. The van der Waals surface area contributed by atoms with Crippen molar-refractivity contribution in [1.82, 2.24) is 5.16 Å². The lowest BCUT2D eigenvalue weighted by Gasteiger charge is -2.09. The number of halogens is 2. The number of carbonyl (C=O) groups excluding carboxylic acids is 1. The normalized spacial score (nSPS) is 10.7. The predicted octanol–water partition coefficient (Wildman–Crippen LogP) is 5.88. The van der Waals surface area contributed by atoms with E-state index in [0.717, 1.165) is 10.9 Å². The van der Waals surface area contributed by atoms with Gasteiger partial charge in [-0.25, -0.2) is 0 Å². The van der Waals surface area contributed by atoms with E-state index in [1.54, 1.807) is 13.0 Å². The Labute approximate surface area is 159 Å². The molecule has 4 nitrogen and oxygen atoms in total. The van der Waals surface area contributed by atoms with Crippen molar-refractivity contribution in [3.05, 3.63) is 68.8 Å². The summed E-state index contributed by atoms with van der Waals surface area (Å²) in [6.07, 6.45) is 0.925. The summed E-state index contributed by atoms with van der Waals surface area (Å²) in [5, 5.41) is 7.45. The monoisotopic (exact) mass is 418 g/mol. The smallest absolute Gasteiger partial charge is 0.261 e. The number of nitrogens with zero attached hydrogens (tertiary/aromatic N) is 1. The number of anilines is 1. The molecule has 1 amide bonds. The van der Waals surface area contributed by atoms with Crippen LogP contribution in [0.15, 0.2) is 51.5 Å². The molecule has 0 bridgehead atoms. The molecule has 25 heavy (non-hydrogen) atoms. The summed E-state index contributed by atoms with van der Waals surface area (Å²) in [5.74, 6) is 0.146. The van der Waals surface area contributed by atoms with Crippen LogP contribution in [-0.4, -0.2) is 11.1 Å². The van der Waals surface area contributed by atoms with E-state index in [1.165, 1.54) is 5.56 Å². The highest BCUT2D eigenvalue weighted by Gasteiger charge is 2.23. The molecule has 0 radical (unpaired) electrons. The average Bonchev–Trinajstić information content (AvgIpc) is 2.98. The van der Waals surface area contributed by atoms with Crippen molar-refractivity contribution in [3.8, 4) is 11.3 Å². The highest BCUT2D eigenvalue weighted by molar-refractivity contribution is 9.10. The molecule has 3 rings (SSSR count). The molecule has 0 unspecified atom stereocenters. The van der Waals surface area contributed by atoms with Gasteiger partial charge in [0.2, 0.25) is 0 Å². The molecular weight excluding hydrogens is 404 g/mol. The third-order valence-corrected chi connectivity index (χ3v) is 4.89. The minimum atomic E-state index is -0.293. The third-order valence-electron chi connectivity index (χ3n) is 3.91. The third kappa shape index (κ3) is 3.62. The van der Waals surface area contributed by atoms with Gasteiger partial charge in [-0.2, -0.15) is 0 Å². The molecule has 0 aliphatic heterocycles.